The zero-order chi connectivity index (χ0) is 16.4. The van der Waals surface area contributed by atoms with E-state index in [1.54, 1.807) is 0 Å². The monoisotopic (exact) mass is 331 g/mol. The van der Waals surface area contributed by atoms with Gasteiger partial charge in [-0.25, -0.2) is 0 Å². The maximum atomic E-state index is 12.0. The molecule has 1 aromatic rings. The number of carbonyl (C=O) groups is 2. The van der Waals surface area contributed by atoms with Gasteiger partial charge in [-0.3, -0.25) is 9.59 Å². The van der Waals surface area contributed by atoms with Crippen molar-refractivity contribution >= 4 is 11.9 Å². The molecule has 1 N–H and O–H groups in total. The standard InChI is InChI=1S/C17H17NO6/c1-7(19)23-15-9-5-12(20)18-14(9)13(16-17(15)24-16)8-2-3-10-11(4-8)22-6-21-10/h2-4,9,13-17H,5-6H2,1H3,(H,18,20)/t9-,13-,14+,15-,16-,17+/m0/s1. The van der Waals surface area contributed by atoms with Gasteiger partial charge in [0, 0.05) is 31.2 Å². The van der Waals surface area contributed by atoms with Crippen LogP contribution in [-0.2, 0) is 19.1 Å². The van der Waals surface area contributed by atoms with E-state index in [9.17, 15) is 9.59 Å². The fourth-order valence-corrected chi connectivity index (χ4v) is 4.37. The smallest absolute Gasteiger partial charge is 0.303 e. The van der Waals surface area contributed by atoms with E-state index in [4.69, 9.17) is 18.9 Å². The van der Waals surface area contributed by atoms with Gasteiger partial charge in [0.1, 0.15) is 12.2 Å². The lowest BCUT2D eigenvalue weighted by atomic mass is 9.73. The molecule has 1 saturated carbocycles. The van der Waals surface area contributed by atoms with Gasteiger partial charge in [0.25, 0.3) is 0 Å². The van der Waals surface area contributed by atoms with Gasteiger partial charge in [-0.2, -0.15) is 0 Å². The molecule has 7 nitrogen and oxygen atoms in total. The Labute approximate surface area is 138 Å². The summed E-state index contributed by atoms with van der Waals surface area (Å²) in [7, 11) is 0. The molecule has 4 aliphatic rings. The fraction of sp³-hybridized carbons (Fsp3) is 0.529. The molecule has 1 aromatic carbocycles. The topological polar surface area (TPSA) is 86.4 Å². The number of hydrogen-bond acceptors (Lipinski definition) is 6. The maximum Gasteiger partial charge on any atom is 0.303 e. The number of nitrogens with one attached hydrogen (secondary N) is 1. The van der Waals surface area contributed by atoms with Gasteiger partial charge in [0.15, 0.2) is 11.5 Å². The van der Waals surface area contributed by atoms with Crippen molar-refractivity contribution in [1.82, 2.24) is 5.32 Å². The average Bonchev–Trinajstić information content (AvgIpc) is 3.00. The van der Waals surface area contributed by atoms with E-state index in [0.29, 0.717) is 12.2 Å². The normalized spacial score (nSPS) is 38.1. The van der Waals surface area contributed by atoms with Crippen LogP contribution in [0.5, 0.6) is 11.5 Å². The van der Waals surface area contributed by atoms with Crippen molar-refractivity contribution in [3.05, 3.63) is 23.8 Å². The molecule has 0 spiro atoms. The van der Waals surface area contributed by atoms with Gasteiger partial charge in [-0.1, -0.05) is 6.07 Å². The highest BCUT2D eigenvalue weighted by molar-refractivity contribution is 5.80. The Bertz CT molecular complexity index is 734. The molecule has 0 aromatic heterocycles. The highest BCUT2D eigenvalue weighted by Gasteiger charge is 2.64. The van der Waals surface area contributed by atoms with Crippen molar-refractivity contribution in [1.29, 1.82) is 0 Å². The molecular weight excluding hydrogens is 314 g/mol. The molecule has 3 aliphatic heterocycles. The molecule has 3 heterocycles. The molecule has 126 valence electrons. The summed E-state index contributed by atoms with van der Waals surface area (Å²) in [6.07, 6.45) is -0.203. The van der Waals surface area contributed by atoms with Crippen LogP contribution in [0.25, 0.3) is 0 Å². The summed E-state index contributed by atoms with van der Waals surface area (Å²) in [4.78, 5) is 23.4. The summed E-state index contributed by atoms with van der Waals surface area (Å²) in [6, 6.07) is 5.73. The van der Waals surface area contributed by atoms with Gasteiger partial charge < -0.3 is 24.3 Å². The molecule has 5 rings (SSSR count). The summed E-state index contributed by atoms with van der Waals surface area (Å²) >= 11 is 0. The molecule has 7 heteroatoms. The van der Waals surface area contributed by atoms with E-state index < -0.39 is 0 Å². The Morgan fingerprint density at radius 3 is 2.92 bits per heavy atom. The SMILES string of the molecule is CC(=O)O[C@H]1[C@H]2CC(=O)N[C@H]2[C@H](c2ccc3c(c2)OCO3)[C@@H]2O[C@@H]21. The van der Waals surface area contributed by atoms with E-state index in [1.165, 1.54) is 6.92 Å². The third-order valence-corrected chi connectivity index (χ3v) is 5.34. The van der Waals surface area contributed by atoms with Crippen molar-refractivity contribution in [2.45, 2.75) is 43.6 Å². The average molecular weight is 331 g/mol. The molecule has 2 saturated heterocycles. The Kier molecular flexibility index (Phi) is 2.85. The summed E-state index contributed by atoms with van der Waals surface area (Å²) in [5.74, 6) is 1.05. The van der Waals surface area contributed by atoms with Crippen LogP contribution in [0.3, 0.4) is 0 Å². The predicted molar refractivity (Wildman–Crippen MR) is 79.6 cm³/mol. The molecule has 6 atom stereocenters. The summed E-state index contributed by atoms with van der Waals surface area (Å²) < 4.78 is 22.1. The first-order valence-electron chi connectivity index (χ1n) is 8.13. The molecule has 0 radical (unpaired) electrons. The number of benzene rings is 1. The minimum atomic E-state index is -0.360. The molecular formula is C17H17NO6. The lowest BCUT2D eigenvalue weighted by molar-refractivity contribution is -0.151. The lowest BCUT2D eigenvalue weighted by Gasteiger charge is -2.35. The van der Waals surface area contributed by atoms with Gasteiger partial charge in [-0.05, 0) is 17.7 Å². The quantitative estimate of drug-likeness (QED) is 0.635. The minimum Gasteiger partial charge on any atom is -0.459 e. The highest BCUT2D eigenvalue weighted by Crippen LogP contribution is 2.52. The van der Waals surface area contributed by atoms with E-state index in [2.05, 4.69) is 5.32 Å². The van der Waals surface area contributed by atoms with Crippen LogP contribution in [-0.4, -0.2) is 43.0 Å². The summed E-state index contributed by atoms with van der Waals surface area (Å²) in [5, 5.41) is 3.05. The predicted octanol–water partition coefficient (Wildman–Crippen LogP) is 0.716. The molecule has 1 aliphatic carbocycles. The van der Waals surface area contributed by atoms with Gasteiger partial charge >= 0.3 is 5.97 Å². The lowest BCUT2D eigenvalue weighted by Crippen LogP contribution is -2.49. The number of rotatable bonds is 2. The summed E-state index contributed by atoms with van der Waals surface area (Å²) in [5.41, 5.74) is 1.05. The van der Waals surface area contributed by atoms with Crippen molar-refractivity contribution in [2.24, 2.45) is 5.92 Å². The van der Waals surface area contributed by atoms with Gasteiger partial charge in [0.2, 0.25) is 12.7 Å². The first-order valence-corrected chi connectivity index (χ1v) is 8.13. The van der Waals surface area contributed by atoms with Crippen molar-refractivity contribution in [3.8, 4) is 11.5 Å². The van der Waals surface area contributed by atoms with E-state index >= 15 is 0 Å². The van der Waals surface area contributed by atoms with Crippen LogP contribution in [0.15, 0.2) is 18.2 Å². The molecule has 24 heavy (non-hydrogen) atoms. The second-order valence-corrected chi connectivity index (χ2v) is 6.74. The zero-order valence-electron chi connectivity index (χ0n) is 13.1. The Morgan fingerprint density at radius 1 is 1.25 bits per heavy atom. The Hall–Kier alpha value is -2.28. The molecule has 0 bridgehead atoms. The largest absolute Gasteiger partial charge is 0.459 e. The van der Waals surface area contributed by atoms with Crippen molar-refractivity contribution in [2.75, 3.05) is 6.79 Å². The van der Waals surface area contributed by atoms with Gasteiger partial charge in [0.05, 0.1) is 6.10 Å². The van der Waals surface area contributed by atoms with E-state index in [0.717, 1.165) is 11.3 Å². The van der Waals surface area contributed by atoms with Crippen molar-refractivity contribution < 1.29 is 28.5 Å². The van der Waals surface area contributed by atoms with Crippen molar-refractivity contribution in [3.63, 3.8) is 0 Å². The molecule has 1 amide bonds. The molecule has 0 unspecified atom stereocenters. The van der Waals surface area contributed by atoms with Crippen LogP contribution in [0.2, 0.25) is 0 Å². The number of epoxide rings is 1. The number of carbonyl (C=O) groups excluding carboxylic acids is 2. The summed E-state index contributed by atoms with van der Waals surface area (Å²) in [6.45, 7) is 1.61. The zero-order valence-corrected chi connectivity index (χ0v) is 13.1. The first-order chi connectivity index (χ1) is 11.6. The first kappa shape index (κ1) is 14.1. The second-order valence-electron chi connectivity index (χ2n) is 6.74. The third kappa shape index (κ3) is 2.00. The van der Waals surface area contributed by atoms with E-state index in [-0.39, 0.29) is 54.9 Å². The highest BCUT2D eigenvalue weighted by atomic mass is 16.7. The number of ether oxygens (including phenoxy) is 4. The maximum absolute atomic E-state index is 12.0. The molecule has 3 fully saturated rings. The van der Waals surface area contributed by atoms with Crippen LogP contribution in [0.1, 0.15) is 24.8 Å². The number of esters is 1. The fourth-order valence-electron chi connectivity index (χ4n) is 4.37. The van der Waals surface area contributed by atoms with Crippen LogP contribution >= 0.6 is 0 Å². The van der Waals surface area contributed by atoms with Gasteiger partial charge in [-0.15, -0.1) is 0 Å². The van der Waals surface area contributed by atoms with Crippen LogP contribution < -0.4 is 14.8 Å². The second kappa shape index (κ2) is 4.86. The van der Waals surface area contributed by atoms with Crippen LogP contribution in [0, 0.1) is 5.92 Å². The van der Waals surface area contributed by atoms with E-state index in [1.807, 2.05) is 18.2 Å². The third-order valence-electron chi connectivity index (χ3n) is 5.34. The Balaban J connectivity index is 1.49. The number of fused-ring (bicyclic) bond motifs is 3. The van der Waals surface area contributed by atoms with Crippen LogP contribution in [0.4, 0.5) is 0 Å². The number of hydrogen-bond donors (Lipinski definition) is 1. The Morgan fingerprint density at radius 2 is 2.08 bits per heavy atom. The minimum absolute atomic E-state index is 0.00537. The number of amides is 1.